The van der Waals surface area contributed by atoms with E-state index in [4.69, 9.17) is 21.3 Å². The van der Waals surface area contributed by atoms with Crippen molar-refractivity contribution in [3.05, 3.63) is 23.2 Å². The van der Waals surface area contributed by atoms with Gasteiger partial charge in [0, 0.05) is 33.3 Å². The minimum Gasteiger partial charge on any atom is -0.381 e. The van der Waals surface area contributed by atoms with Crippen molar-refractivity contribution in [2.75, 3.05) is 44.8 Å². The second-order valence-corrected chi connectivity index (χ2v) is 8.71. The number of hydrogen-bond donors (Lipinski definition) is 0. The second-order valence-electron chi connectivity index (χ2n) is 7.29. The van der Waals surface area contributed by atoms with Gasteiger partial charge < -0.3 is 14.5 Å². The van der Waals surface area contributed by atoms with E-state index in [-0.39, 0.29) is 11.8 Å². The molecule has 1 amide bonds. The van der Waals surface area contributed by atoms with E-state index >= 15 is 0 Å². The van der Waals surface area contributed by atoms with E-state index in [0.717, 1.165) is 65.9 Å². The van der Waals surface area contributed by atoms with Gasteiger partial charge in [0.2, 0.25) is 5.91 Å². The molecule has 26 heavy (non-hydrogen) atoms. The van der Waals surface area contributed by atoms with Gasteiger partial charge in [0.25, 0.3) is 0 Å². The van der Waals surface area contributed by atoms with Gasteiger partial charge in [-0.2, -0.15) is 0 Å². The average molecular weight is 394 g/mol. The van der Waals surface area contributed by atoms with Crippen molar-refractivity contribution in [2.24, 2.45) is 11.8 Å². The summed E-state index contributed by atoms with van der Waals surface area (Å²) in [6.07, 6.45) is 3.03. The first-order valence-corrected chi connectivity index (χ1v) is 10.4. The molecule has 1 atom stereocenters. The van der Waals surface area contributed by atoms with Crippen LogP contribution in [-0.4, -0.2) is 55.7 Å². The van der Waals surface area contributed by atoms with Gasteiger partial charge in [-0.3, -0.25) is 4.79 Å². The monoisotopic (exact) mass is 393 g/mol. The molecular formula is C19H24ClN3O2S. The highest BCUT2D eigenvalue weighted by atomic mass is 35.5. The number of piperidine rings is 1. The molecule has 7 heteroatoms. The highest BCUT2D eigenvalue weighted by Gasteiger charge is 2.29. The number of amides is 1. The van der Waals surface area contributed by atoms with E-state index in [0.29, 0.717) is 12.5 Å². The summed E-state index contributed by atoms with van der Waals surface area (Å²) in [4.78, 5) is 21.5. The van der Waals surface area contributed by atoms with E-state index in [1.807, 2.05) is 24.1 Å². The maximum absolute atomic E-state index is 12.5. The quantitative estimate of drug-likeness (QED) is 0.795. The Labute approximate surface area is 162 Å². The van der Waals surface area contributed by atoms with Crippen molar-refractivity contribution < 1.29 is 9.53 Å². The summed E-state index contributed by atoms with van der Waals surface area (Å²) in [5, 5.41) is 1.77. The zero-order valence-electron chi connectivity index (χ0n) is 15.0. The third-order valence-electron chi connectivity index (χ3n) is 5.43. The summed E-state index contributed by atoms with van der Waals surface area (Å²) in [7, 11) is 1.93. The second kappa shape index (κ2) is 7.71. The molecule has 1 unspecified atom stereocenters. The van der Waals surface area contributed by atoms with Gasteiger partial charge in [-0.1, -0.05) is 29.0 Å². The van der Waals surface area contributed by atoms with Gasteiger partial charge in [-0.25, -0.2) is 4.98 Å². The van der Waals surface area contributed by atoms with Gasteiger partial charge in [0.15, 0.2) is 5.13 Å². The molecule has 0 saturated carbocycles. The molecule has 2 saturated heterocycles. The average Bonchev–Trinajstić information content (AvgIpc) is 3.32. The number of carbonyl (C=O) groups is 1. The minimum atomic E-state index is 0.0626. The summed E-state index contributed by atoms with van der Waals surface area (Å²) in [5.41, 5.74) is 0.903. The van der Waals surface area contributed by atoms with Crippen LogP contribution in [0.25, 0.3) is 10.2 Å². The number of para-hydroxylation sites is 1. The predicted octanol–water partition coefficient (Wildman–Crippen LogP) is 3.66. The molecule has 3 heterocycles. The van der Waals surface area contributed by atoms with Crippen molar-refractivity contribution in [1.29, 1.82) is 0 Å². The van der Waals surface area contributed by atoms with Gasteiger partial charge in [0.05, 0.1) is 22.2 Å². The third kappa shape index (κ3) is 3.68. The Morgan fingerprint density at radius 1 is 1.38 bits per heavy atom. The van der Waals surface area contributed by atoms with Gasteiger partial charge in [0.1, 0.15) is 5.52 Å². The molecule has 0 N–H and O–H groups in total. The fourth-order valence-corrected chi connectivity index (χ4v) is 5.18. The highest BCUT2D eigenvalue weighted by Crippen LogP contribution is 2.34. The summed E-state index contributed by atoms with van der Waals surface area (Å²) in [6, 6.07) is 5.94. The minimum absolute atomic E-state index is 0.0626. The number of hydrogen-bond acceptors (Lipinski definition) is 5. The lowest BCUT2D eigenvalue weighted by molar-refractivity contribution is -0.134. The van der Waals surface area contributed by atoms with E-state index in [1.165, 1.54) is 0 Å². The molecule has 2 aliphatic heterocycles. The fraction of sp³-hybridized carbons (Fsp3) is 0.579. The lowest BCUT2D eigenvalue weighted by atomic mass is 9.96. The first kappa shape index (κ1) is 18.0. The number of nitrogens with zero attached hydrogens (tertiary/aromatic N) is 3. The number of aromatic nitrogens is 1. The Hall–Kier alpha value is -1.37. The first-order chi connectivity index (χ1) is 12.6. The first-order valence-electron chi connectivity index (χ1n) is 9.24. The van der Waals surface area contributed by atoms with Crippen molar-refractivity contribution in [1.82, 2.24) is 9.88 Å². The lowest BCUT2D eigenvalue weighted by Crippen LogP contribution is -2.41. The van der Waals surface area contributed by atoms with Crippen LogP contribution >= 0.6 is 22.9 Å². The summed E-state index contributed by atoms with van der Waals surface area (Å²) < 4.78 is 6.48. The normalized spacial score (nSPS) is 21.5. The molecule has 5 nitrogen and oxygen atoms in total. The molecule has 0 radical (unpaired) electrons. The smallest absolute Gasteiger partial charge is 0.227 e. The van der Waals surface area contributed by atoms with Crippen LogP contribution in [0.3, 0.4) is 0 Å². The zero-order chi connectivity index (χ0) is 18.1. The van der Waals surface area contributed by atoms with E-state index in [1.54, 1.807) is 11.3 Å². The third-order valence-corrected chi connectivity index (χ3v) is 6.82. The SMILES string of the molecule is CN(CC1CCN(c2nc3c(Cl)cccc3s2)CC1)C(=O)C1CCOC1. The molecule has 2 aromatic rings. The van der Waals surface area contributed by atoms with Gasteiger partial charge in [-0.15, -0.1) is 0 Å². The van der Waals surface area contributed by atoms with Crippen LogP contribution in [-0.2, 0) is 9.53 Å². The molecule has 1 aromatic carbocycles. The van der Waals surface area contributed by atoms with Crippen LogP contribution in [0.4, 0.5) is 5.13 Å². The van der Waals surface area contributed by atoms with Crippen LogP contribution in [0, 0.1) is 11.8 Å². The summed E-state index contributed by atoms with van der Waals surface area (Å²) in [6.45, 7) is 4.11. The van der Waals surface area contributed by atoms with Crippen molar-refractivity contribution >= 4 is 44.2 Å². The predicted molar refractivity (Wildman–Crippen MR) is 106 cm³/mol. The van der Waals surface area contributed by atoms with Crippen LogP contribution < -0.4 is 4.90 Å². The molecule has 0 bridgehead atoms. The lowest BCUT2D eigenvalue weighted by Gasteiger charge is -2.34. The zero-order valence-corrected chi connectivity index (χ0v) is 16.6. The molecule has 4 rings (SSSR count). The molecule has 140 valence electrons. The number of anilines is 1. The van der Waals surface area contributed by atoms with Crippen molar-refractivity contribution in [3.63, 3.8) is 0 Å². The fourth-order valence-electron chi connectivity index (χ4n) is 3.86. The molecule has 0 spiro atoms. The number of benzene rings is 1. The van der Waals surface area contributed by atoms with Crippen LogP contribution in [0.1, 0.15) is 19.3 Å². The maximum Gasteiger partial charge on any atom is 0.227 e. The number of fused-ring (bicyclic) bond motifs is 1. The van der Waals surface area contributed by atoms with Crippen LogP contribution in [0.2, 0.25) is 5.02 Å². The Morgan fingerprint density at radius 2 is 2.19 bits per heavy atom. The van der Waals surface area contributed by atoms with E-state index in [2.05, 4.69) is 11.0 Å². The Kier molecular flexibility index (Phi) is 5.34. The molecule has 1 aromatic heterocycles. The standard InChI is InChI=1S/C19H24ClN3O2S/c1-22(18(24)14-7-10-25-12-14)11-13-5-8-23(9-6-13)19-21-17-15(20)3-2-4-16(17)26-19/h2-4,13-14H,5-12H2,1H3. The van der Waals surface area contributed by atoms with Crippen LogP contribution in [0.5, 0.6) is 0 Å². The molecule has 0 aliphatic carbocycles. The van der Waals surface area contributed by atoms with Gasteiger partial charge >= 0.3 is 0 Å². The molecular weight excluding hydrogens is 370 g/mol. The van der Waals surface area contributed by atoms with E-state index < -0.39 is 0 Å². The highest BCUT2D eigenvalue weighted by molar-refractivity contribution is 7.22. The number of thiazole rings is 1. The Morgan fingerprint density at radius 3 is 2.88 bits per heavy atom. The number of ether oxygens (including phenoxy) is 1. The summed E-state index contributed by atoms with van der Waals surface area (Å²) >= 11 is 7.96. The van der Waals surface area contributed by atoms with Crippen LogP contribution in [0.15, 0.2) is 18.2 Å². The molecule has 2 aliphatic rings. The molecule has 2 fully saturated rings. The Balaban J connectivity index is 1.33. The number of halogens is 1. The topological polar surface area (TPSA) is 45.7 Å². The van der Waals surface area contributed by atoms with Gasteiger partial charge in [-0.05, 0) is 37.3 Å². The number of carbonyl (C=O) groups excluding carboxylic acids is 1. The van der Waals surface area contributed by atoms with E-state index in [9.17, 15) is 4.79 Å². The Bertz CT molecular complexity index is 782. The number of rotatable bonds is 4. The van der Waals surface area contributed by atoms with Crippen molar-refractivity contribution in [2.45, 2.75) is 19.3 Å². The largest absolute Gasteiger partial charge is 0.381 e. The summed E-state index contributed by atoms with van der Waals surface area (Å²) in [5.74, 6) is 0.860. The maximum atomic E-state index is 12.5. The van der Waals surface area contributed by atoms with Crippen molar-refractivity contribution in [3.8, 4) is 0 Å².